The summed E-state index contributed by atoms with van der Waals surface area (Å²) in [6.45, 7) is 0. The Hall–Kier alpha value is -0.630. The maximum Gasteiger partial charge on any atom is 0.0423 e. The Balaban J connectivity index is 0.00000128. The summed E-state index contributed by atoms with van der Waals surface area (Å²) < 4.78 is 0. The summed E-state index contributed by atoms with van der Waals surface area (Å²) in [6.07, 6.45) is 0.862. The van der Waals surface area contributed by atoms with Crippen LogP contribution in [0.1, 0.15) is 11.1 Å². The summed E-state index contributed by atoms with van der Waals surface area (Å²) in [5.41, 5.74) is 2.40. The van der Waals surface area contributed by atoms with Gasteiger partial charge in [-0.3, -0.25) is 0 Å². The highest BCUT2D eigenvalue weighted by Gasteiger charge is 1.99. The average molecular weight is 271 g/mol. The third-order valence-corrected chi connectivity index (χ3v) is 2.61. The lowest BCUT2D eigenvalue weighted by atomic mass is 10.1. The van der Waals surface area contributed by atoms with E-state index in [-0.39, 0.29) is 13.5 Å². The lowest BCUT2D eigenvalue weighted by Crippen LogP contribution is -1.87. The maximum atomic E-state index is 5.93. The molecule has 0 bridgehead atoms. The first-order valence-corrected chi connectivity index (χ1v) is 5.48. The molecule has 0 unspecified atom stereocenters. The van der Waals surface area contributed by atoms with Crippen LogP contribution in [0.5, 0.6) is 0 Å². The molecule has 0 heterocycles. The number of rotatable bonds is 2. The minimum atomic E-state index is 0. The standard InChI is InChI=1S/C13H10Cl2.H2S/c14-12-7-11(8-13(15)9-12)6-10-4-2-1-3-5-10;/h1-5,7-9H,6H2;1H2. The van der Waals surface area contributed by atoms with Crippen LogP contribution in [0.4, 0.5) is 0 Å². The minimum Gasteiger partial charge on any atom is -0.197 e. The van der Waals surface area contributed by atoms with E-state index < -0.39 is 0 Å². The normalized spacial score (nSPS) is 9.62. The molecular formula is C13H12Cl2S. The molecule has 0 spiro atoms. The van der Waals surface area contributed by atoms with Crippen molar-refractivity contribution in [3.05, 3.63) is 69.7 Å². The monoisotopic (exact) mass is 270 g/mol. The van der Waals surface area contributed by atoms with Crippen LogP contribution in [0.25, 0.3) is 0 Å². The van der Waals surface area contributed by atoms with E-state index in [1.54, 1.807) is 6.07 Å². The van der Waals surface area contributed by atoms with Crippen molar-refractivity contribution >= 4 is 36.7 Å². The highest BCUT2D eigenvalue weighted by atomic mass is 35.5. The van der Waals surface area contributed by atoms with Crippen molar-refractivity contribution in [1.29, 1.82) is 0 Å². The second-order valence-electron chi connectivity index (χ2n) is 3.44. The van der Waals surface area contributed by atoms with Gasteiger partial charge >= 0.3 is 0 Å². The highest BCUT2D eigenvalue weighted by Crippen LogP contribution is 2.20. The molecule has 0 saturated heterocycles. The Morgan fingerprint density at radius 1 is 0.750 bits per heavy atom. The van der Waals surface area contributed by atoms with Gasteiger partial charge < -0.3 is 0 Å². The van der Waals surface area contributed by atoms with Crippen LogP contribution >= 0.6 is 36.7 Å². The Kier molecular flexibility index (Phi) is 5.20. The molecule has 0 atom stereocenters. The van der Waals surface area contributed by atoms with Crippen molar-refractivity contribution < 1.29 is 0 Å². The number of halogens is 2. The van der Waals surface area contributed by atoms with Crippen LogP contribution in [0.2, 0.25) is 10.0 Å². The first-order chi connectivity index (χ1) is 7.24. The second kappa shape index (κ2) is 6.19. The fourth-order valence-corrected chi connectivity index (χ4v) is 2.12. The van der Waals surface area contributed by atoms with Gasteiger partial charge in [-0.05, 0) is 35.7 Å². The first-order valence-electron chi connectivity index (χ1n) is 4.73. The Morgan fingerprint density at radius 2 is 1.31 bits per heavy atom. The molecule has 16 heavy (non-hydrogen) atoms. The number of hydrogen-bond acceptors (Lipinski definition) is 0. The number of benzene rings is 2. The van der Waals surface area contributed by atoms with Crippen LogP contribution in [-0.2, 0) is 6.42 Å². The summed E-state index contributed by atoms with van der Waals surface area (Å²) in [6, 6.07) is 15.9. The largest absolute Gasteiger partial charge is 0.197 e. The van der Waals surface area contributed by atoms with E-state index >= 15 is 0 Å². The summed E-state index contributed by atoms with van der Waals surface area (Å²) in [7, 11) is 0. The van der Waals surface area contributed by atoms with E-state index in [1.165, 1.54) is 5.56 Å². The van der Waals surface area contributed by atoms with E-state index in [1.807, 2.05) is 30.3 Å². The van der Waals surface area contributed by atoms with Crippen molar-refractivity contribution in [3.63, 3.8) is 0 Å². The summed E-state index contributed by atoms with van der Waals surface area (Å²) >= 11 is 11.9. The molecule has 3 heteroatoms. The minimum absolute atomic E-state index is 0. The fourth-order valence-electron chi connectivity index (χ4n) is 1.54. The van der Waals surface area contributed by atoms with Crippen molar-refractivity contribution in [2.75, 3.05) is 0 Å². The molecular weight excluding hydrogens is 259 g/mol. The first kappa shape index (κ1) is 13.4. The third kappa shape index (κ3) is 3.75. The van der Waals surface area contributed by atoms with Gasteiger partial charge in [-0.25, -0.2) is 0 Å². The van der Waals surface area contributed by atoms with Gasteiger partial charge in [0, 0.05) is 10.0 Å². The van der Waals surface area contributed by atoms with Gasteiger partial charge in [0.05, 0.1) is 0 Å². The van der Waals surface area contributed by atoms with E-state index in [0.717, 1.165) is 12.0 Å². The van der Waals surface area contributed by atoms with Gasteiger partial charge in [-0.15, -0.1) is 0 Å². The average Bonchev–Trinajstić information content (AvgIpc) is 2.17. The van der Waals surface area contributed by atoms with E-state index in [0.29, 0.717) is 10.0 Å². The molecule has 84 valence electrons. The summed E-state index contributed by atoms with van der Waals surface area (Å²) in [4.78, 5) is 0. The van der Waals surface area contributed by atoms with Crippen LogP contribution in [0.15, 0.2) is 48.5 Å². The molecule has 2 rings (SSSR count). The van der Waals surface area contributed by atoms with Crippen LogP contribution in [-0.4, -0.2) is 0 Å². The fraction of sp³-hybridized carbons (Fsp3) is 0.0769. The van der Waals surface area contributed by atoms with Crippen LogP contribution in [0, 0.1) is 0 Å². The van der Waals surface area contributed by atoms with E-state index in [2.05, 4.69) is 12.1 Å². The molecule has 0 aromatic heterocycles. The van der Waals surface area contributed by atoms with Crippen LogP contribution in [0.3, 0.4) is 0 Å². The molecule has 2 aromatic carbocycles. The molecule has 0 aliphatic rings. The predicted octanol–water partition coefficient (Wildman–Crippen LogP) is 4.70. The summed E-state index contributed by atoms with van der Waals surface area (Å²) in [5.74, 6) is 0. The van der Waals surface area contributed by atoms with Crippen LogP contribution < -0.4 is 0 Å². The molecule has 0 aliphatic carbocycles. The highest BCUT2D eigenvalue weighted by molar-refractivity contribution is 7.59. The van der Waals surface area contributed by atoms with Gasteiger partial charge in [-0.1, -0.05) is 53.5 Å². The zero-order valence-corrected chi connectivity index (χ0v) is 11.1. The van der Waals surface area contributed by atoms with Crippen molar-refractivity contribution in [3.8, 4) is 0 Å². The molecule has 0 fully saturated rings. The number of hydrogen-bond donors (Lipinski definition) is 0. The zero-order valence-electron chi connectivity index (χ0n) is 8.58. The molecule has 2 aromatic rings. The van der Waals surface area contributed by atoms with E-state index in [9.17, 15) is 0 Å². The molecule has 0 amide bonds. The second-order valence-corrected chi connectivity index (χ2v) is 4.31. The Labute approximate surface area is 113 Å². The predicted molar refractivity (Wildman–Crippen MR) is 76.1 cm³/mol. The lowest BCUT2D eigenvalue weighted by Gasteiger charge is -2.03. The lowest BCUT2D eigenvalue weighted by molar-refractivity contribution is 1.19. The molecule has 0 N–H and O–H groups in total. The van der Waals surface area contributed by atoms with Crippen molar-refractivity contribution in [2.45, 2.75) is 6.42 Å². The zero-order chi connectivity index (χ0) is 10.7. The Bertz CT molecular complexity index is 434. The van der Waals surface area contributed by atoms with Gasteiger partial charge in [0.15, 0.2) is 0 Å². The van der Waals surface area contributed by atoms with Crippen molar-refractivity contribution in [1.82, 2.24) is 0 Å². The molecule has 0 aliphatic heterocycles. The van der Waals surface area contributed by atoms with Crippen molar-refractivity contribution in [2.24, 2.45) is 0 Å². The van der Waals surface area contributed by atoms with Gasteiger partial charge in [-0.2, -0.15) is 13.5 Å². The molecule has 0 saturated carbocycles. The molecule has 0 nitrogen and oxygen atoms in total. The third-order valence-electron chi connectivity index (χ3n) is 2.17. The Morgan fingerprint density at radius 3 is 1.88 bits per heavy atom. The topological polar surface area (TPSA) is 0 Å². The maximum absolute atomic E-state index is 5.93. The van der Waals surface area contributed by atoms with E-state index in [4.69, 9.17) is 23.2 Å². The van der Waals surface area contributed by atoms with Gasteiger partial charge in [0.2, 0.25) is 0 Å². The summed E-state index contributed by atoms with van der Waals surface area (Å²) in [5, 5.41) is 1.38. The van der Waals surface area contributed by atoms with Gasteiger partial charge in [0.25, 0.3) is 0 Å². The SMILES string of the molecule is Clc1cc(Cl)cc(Cc2ccccc2)c1.S. The molecule has 0 radical (unpaired) electrons. The smallest absolute Gasteiger partial charge is 0.0423 e. The van der Waals surface area contributed by atoms with Gasteiger partial charge in [0.1, 0.15) is 0 Å². The quantitative estimate of drug-likeness (QED) is 0.742.